The number of ether oxygens (including phenoxy) is 2. The molecule has 0 radical (unpaired) electrons. The van der Waals surface area contributed by atoms with E-state index in [1.165, 1.54) is 36.4 Å². The zero-order valence-corrected chi connectivity index (χ0v) is 26.3. The van der Waals surface area contributed by atoms with Gasteiger partial charge in [-0.3, -0.25) is 9.59 Å². The molecule has 4 aromatic carbocycles. The standard InChI is InChI=1S/C36H29F8NO4/c1-4-45-29-11-5-21(31(46)25-9-7-23(13-19(25)2)48-17-35(41,42)33(37)38)15-27(29)28-16-22(6-12-30(28)45)32(47)26-10-8-24(14-20(26)3)49-18-36(43,44)34(39)40/h5-16,33-34H,4,17-18H2,1-3H3. The Labute approximate surface area is 275 Å². The Balaban J connectivity index is 1.44. The third-order valence-corrected chi connectivity index (χ3v) is 8.09. The van der Waals surface area contributed by atoms with Crippen LogP contribution in [0.15, 0.2) is 72.8 Å². The molecule has 0 saturated carbocycles. The first kappa shape index (κ1) is 35.4. The van der Waals surface area contributed by atoms with E-state index in [1.54, 1.807) is 50.2 Å². The first-order chi connectivity index (χ1) is 23.0. The number of nitrogens with zero attached hydrogens (tertiary/aromatic N) is 1. The van der Waals surface area contributed by atoms with Crippen LogP contribution in [0.3, 0.4) is 0 Å². The van der Waals surface area contributed by atoms with Crippen molar-refractivity contribution >= 4 is 33.4 Å². The Morgan fingerprint density at radius 3 is 1.35 bits per heavy atom. The van der Waals surface area contributed by atoms with Crippen LogP contribution in [0.2, 0.25) is 0 Å². The van der Waals surface area contributed by atoms with Crippen molar-refractivity contribution in [3.05, 3.63) is 106 Å². The lowest BCUT2D eigenvalue weighted by Crippen LogP contribution is -2.33. The Bertz CT molecular complexity index is 1910. The molecule has 5 aromatic rings. The largest absolute Gasteiger partial charge is 0.487 e. The Hall–Kier alpha value is -4.94. The van der Waals surface area contributed by atoms with Crippen LogP contribution >= 0.6 is 0 Å². The van der Waals surface area contributed by atoms with Gasteiger partial charge in [0.05, 0.1) is 0 Å². The molecule has 0 unspecified atom stereocenters. The SMILES string of the molecule is CCn1c2ccc(C(=O)c3ccc(OCC(F)(F)C(F)F)cc3C)cc2c2cc(C(=O)c3ccc(OCC(F)(F)C(F)F)cc3C)ccc21. The van der Waals surface area contributed by atoms with Crippen LogP contribution < -0.4 is 9.47 Å². The number of fused-ring (bicyclic) bond motifs is 3. The number of rotatable bonds is 13. The molecule has 5 nitrogen and oxygen atoms in total. The zero-order chi connectivity index (χ0) is 35.8. The summed E-state index contributed by atoms with van der Waals surface area (Å²) in [6, 6.07) is 18.0. The van der Waals surface area contributed by atoms with Gasteiger partial charge in [-0.1, -0.05) is 0 Å². The van der Waals surface area contributed by atoms with Crippen LogP contribution in [-0.2, 0) is 6.54 Å². The van der Waals surface area contributed by atoms with Gasteiger partial charge in [-0.15, -0.1) is 0 Å². The van der Waals surface area contributed by atoms with Gasteiger partial charge in [0, 0.05) is 50.6 Å². The Kier molecular flexibility index (Phi) is 9.76. The topological polar surface area (TPSA) is 57.5 Å². The summed E-state index contributed by atoms with van der Waals surface area (Å²) in [5, 5.41) is 1.34. The maximum Gasteiger partial charge on any atom is 0.340 e. The first-order valence-corrected chi connectivity index (χ1v) is 15.0. The lowest BCUT2D eigenvalue weighted by Gasteiger charge is -2.16. The monoisotopic (exact) mass is 691 g/mol. The molecule has 0 atom stereocenters. The van der Waals surface area contributed by atoms with E-state index in [2.05, 4.69) is 0 Å². The fraction of sp³-hybridized carbons (Fsp3) is 0.278. The number of carbonyl (C=O) groups excluding carboxylic acids is 2. The molecule has 0 fully saturated rings. The van der Waals surface area contributed by atoms with Gasteiger partial charge in [-0.25, -0.2) is 17.6 Å². The van der Waals surface area contributed by atoms with E-state index in [-0.39, 0.29) is 22.6 Å². The quantitative estimate of drug-likeness (QED) is 0.0912. The van der Waals surface area contributed by atoms with E-state index in [0.29, 0.717) is 39.6 Å². The van der Waals surface area contributed by atoms with E-state index in [9.17, 15) is 44.7 Å². The summed E-state index contributed by atoms with van der Waals surface area (Å²) in [5.41, 5.74) is 3.40. The van der Waals surface area contributed by atoms with Crippen LogP contribution in [0.1, 0.15) is 49.9 Å². The molecule has 0 N–H and O–H groups in total. The molecule has 0 spiro atoms. The first-order valence-electron chi connectivity index (χ1n) is 15.0. The predicted octanol–water partition coefficient (Wildman–Crippen LogP) is 9.45. The number of carbonyl (C=O) groups is 2. The van der Waals surface area contributed by atoms with Crippen molar-refractivity contribution in [1.82, 2.24) is 4.57 Å². The minimum Gasteiger partial charge on any atom is -0.487 e. The highest BCUT2D eigenvalue weighted by Crippen LogP contribution is 2.33. The molecular weight excluding hydrogens is 662 g/mol. The fourth-order valence-electron chi connectivity index (χ4n) is 5.48. The molecule has 258 valence electrons. The van der Waals surface area contributed by atoms with Crippen molar-refractivity contribution in [2.75, 3.05) is 13.2 Å². The number of halogens is 8. The molecule has 5 rings (SSSR count). The molecule has 1 heterocycles. The zero-order valence-electron chi connectivity index (χ0n) is 26.3. The van der Waals surface area contributed by atoms with E-state index in [0.717, 1.165) is 11.0 Å². The van der Waals surface area contributed by atoms with E-state index >= 15 is 0 Å². The van der Waals surface area contributed by atoms with Crippen LogP contribution in [0.25, 0.3) is 21.8 Å². The number of aryl methyl sites for hydroxylation is 3. The molecule has 0 amide bonds. The summed E-state index contributed by atoms with van der Waals surface area (Å²) < 4.78 is 115. The fourth-order valence-corrected chi connectivity index (χ4v) is 5.48. The summed E-state index contributed by atoms with van der Waals surface area (Å²) in [4.78, 5) is 27.2. The maximum atomic E-state index is 13.6. The number of benzene rings is 4. The van der Waals surface area contributed by atoms with Gasteiger partial charge in [0.25, 0.3) is 0 Å². The molecule has 13 heteroatoms. The minimum absolute atomic E-state index is 0.0984. The summed E-state index contributed by atoms with van der Waals surface area (Å²) in [6.07, 6.45) is -7.77. The third-order valence-electron chi connectivity index (χ3n) is 8.09. The minimum atomic E-state index is -4.33. The van der Waals surface area contributed by atoms with Crippen LogP contribution in [0, 0.1) is 13.8 Å². The average molecular weight is 692 g/mol. The molecule has 0 bridgehead atoms. The maximum absolute atomic E-state index is 13.6. The van der Waals surface area contributed by atoms with Gasteiger partial charge in [0.15, 0.2) is 24.8 Å². The van der Waals surface area contributed by atoms with Crippen molar-refractivity contribution in [2.24, 2.45) is 0 Å². The highest BCUT2D eigenvalue weighted by molar-refractivity contribution is 6.17. The van der Waals surface area contributed by atoms with Crippen molar-refractivity contribution in [1.29, 1.82) is 0 Å². The van der Waals surface area contributed by atoms with E-state index < -0.39 is 49.5 Å². The second-order valence-electron chi connectivity index (χ2n) is 11.5. The van der Waals surface area contributed by atoms with Crippen molar-refractivity contribution in [2.45, 2.75) is 52.0 Å². The Morgan fingerprint density at radius 2 is 1.02 bits per heavy atom. The van der Waals surface area contributed by atoms with Gasteiger partial charge < -0.3 is 14.0 Å². The Morgan fingerprint density at radius 1 is 0.633 bits per heavy atom. The van der Waals surface area contributed by atoms with Crippen molar-refractivity contribution < 1.29 is 54.2 Å². The van der Waals surface area contributed by atoms with Gasteiger partial charge in [-0.05, 0) is 105 Å². The molecule has 1 aromatic heterocycles. The van der Waals surface area contributed by atoms with Crippen molar-refractivity contribution in [3.63, 3.8) is 0 Å². The summed E-state index contributed by atoms with van der Waals surface area (Å²) in [6.45, 7) is 2.57. The summed E-state index contributed by atoms with van der Waals surface area (Å²) in [7, 11) is 0. The number of hydrogen-bond acceptors (Lipinski definition) is 4. The normalized spacial score (nSPS) is 12.3. The van der Waals surface area contributed by atoms with Crippen molar-refractivity contribution in [3.8, 4) is 11.5 Å². The molecule has 0 saturated heterocycles. The van der Waals surface area contributed by atoms with Gasteiger partial charge in [0.1, 0.15) is 11.5 Å². The number of hydrogen-bond donors (Lipinski definition) is 0. The molecular formula is C36H29F8NO4. The van der Waals surface area contributed by atoms with E-state index in [4.69, 9.17) is 9.47 Å². The third kappa shape index (κ3) is 7.11. The average Bonchev–Trinajstić information content (AvgIpc) is 3.38. The highest BCUT2D eigenvalue weighted by atomic mass is 19.3. The number of alkyl halides is 8. The molecule has 0 aliphatic rings. The van der Waals surface area contributed by atoms with Gasteiger partial charge in [-0.2, -0.15) is 17.6 Å². The molecule has 0 aliphatic heterocycles. The lowest BCUT2D eigenvalue weighted by molar-refractivity contribution is -0.148. The smallest absolute Gasteiger partial charge is 0.340 e. The van der Waals surface area contributed by atoms with E-state index in [1.807, 2.05) is 11.5 Å². The van der Waals surface area contributed by atoms with Crippen LogP contribution in [-0.4, -0.2) is 54.0 Å². The predicted molar refractivity (Wildman–Crippen MR) is 167 cm³/mol. The highest BCUT2D eigenvalue weighted by Gasteiger charge is 2.42. The van der Waals surface area contributed by atoms with Crippen LogP contribution in [0.4, 0.5) is 35.1 Å². The number of ketones is 2. The molecule has 0 aliphatic carbocycles. The second-order valence-corrected chi connectivity index (χ2v) is 11.5. The second kappa shape index (κ2) is 13.5. The lowest BCUT2D eigenvalue weighted by atomic mass is 9.96. The van der Waals surface area contributed by atoms with Gasteiger partial charge in [0.2, 0.25) is 0 Å². The molecule has 49 heavy (non-hydrogen) atoms. The van der Waals surface area contributed by atoms with Crippen LogP contribution in [0.5, 0.6) is 11.5 Å². The summed E-state index contributed by atoms with van der Waals surface area (Å²) >= 11 is 0. The van der Waals surface area contributed by atoms with Gasteiger partial charge >= 0.3 is 24.7 Å². The summed E-state index contributed by atoms with van der Waals surface area (Å²) in [5.74, 6) is -9.64. The number of aromatic nitrogens is 1.